The van der Waals surface area contributed by atoms with Gasteiger partial charge in [-0.05, 0) is 55.5 Å². The number of furan rings is 2. The van der Waals surface area contributed by atoms with Gasteiger partial charge >= 0.3 is 0 Å². The minimum Gasteiger partial charge on any atom is -0.494 e. The first-order valence-corrected chi connectivity index (χ1v) is 10.4. The van der Waals surface area contributed by atoms with Gasteiger partial charge in [-0.1, -0.05) is 11.8 Å². The van der Waals surface area contributed by atoms with Crippen molar-refractivity contribution >= 4 is 17.7 Å². The third-order valence-electron chi connectivity index (χ3n) is 4.15. The number of hydrogen-bond donors (Lipinski definition) is 1. The van der Waals surface area contributed by atoms with E-state index >= 15 is 0 Å². The number of carbonyl (C=O) groups is 1. The van der Waals surface area contributed by atoms with Crippen molar-refractivity contribution in [3.63, 3.8) is 0 Å². The van der Waals surface area contributed by atoms with Gasteiger partial charge < -0.3 is 18.9 Å². The number of hydrogen-bond acceptors (Lipinski definition) is 7. The summed E-state index contributed by atoms with van der Waals surface area (Å²) >= 11 is 1.29. The second-order valence-corrected chi connectivity index (χ2v) is 7.13. The molecule has 30 heavy (non-hydrogen) atoms. The molecule has 9 heteroatoms. The van der Waals surface area contributed by atoms with E-state index in [1.54, 1.807) is 24.7 Å². The van der Waals surface area contributed by atoms with Crippen molar-refractivity contribution < 1.29 is 18.4 Å². The molecule has 0 aliphatic heterocycles. The minimum atomic E-state index is -0.128. The lowest BCUT2D eigenvalue weighted by Gasteiger charge is -2.10. The molecular formula is C21H20N4O4S. The fourth-order valence-corrected chi connectivity index (χ4v) is 3.58. The first-order valence-electron chi connectivity index (χ1n) is 9.39. The molecule has 0 spiro atoms. The number of amides is 1. The predicted molar refractivity (Wildman–Crippen MR) is 112 cm³/mol. The number of benzene rings is 1. The molecule has 1 N–H and O–H groups in total. The van der Waals surface area contributed by atoms with Gasteiger partial charge in [0.2, 0.25) is 11.7 Å². The lowest BCUT2D eigenvalue weighted by Crippen LogP contribution is -2.24. The van der Waals surface area contributed by atoms with E-state index < -0.39 is 0 Å². The molecule has 0 unspecified atom stereocenters. The van der Waals surface area contributed by atoms with Gasteiger partial charge in [0.1, 0.15) is 11.5 Å². The SMILES string of the molecule is CCOc1ccc(-n2c(SCC(=O)NCc3ccco3)nnc2-c2ccco2)cc1. The quantitative estimate of drug-likeness (QED) is 0.407. The highest BCUT2D eigenvalue weighted by Gasteiger charge is 2.19. The Hall–Kier alpha value is -3.46. The van der Waals surface area contributed by atoms with E-state index in [0.29, 0.717) is 35.7 Å². The molecule has 0 aliphatic rings. The van der Waals surface area contributed by atoms with Crippen molar-refractivity contribution in [3.05, 3.63) is 66.8 Å². The second kappa shape index (κ2) is 9.36. The van der Waals surface area contributed by atoms with E-state index in [-0.39, 0.29) is 11.7 Å². The number of nitrogens with one attached hydrogen (secondary N) is 1. The molecule has 1 amide bonds. The van der Waals surface area contributed by atoms with Crippen molar-refractivity contribution in [2.24, 2.45) is 0 Å². The molecule has 154 valence electrons. The summed E-state index contributed by atoms with van der Waals surface area (Å²) in [5.74, 6) is 2.69. The van der Waals surface area contributed by atoms with Crippen molar-refractivity contribution in [1.82, 2.24) is 20.1 Å². The summed E-state index contributed by atoms with van der Waals surface area (Å²) in [7, 11) is 0. The highest BCUT2D eigenvalue weighted by atomic mass is 32.2. The second-order valence-electron chi connectivity index (χ2n) is 6.19. The molecule has 0 bridgehead atoms. The Balaban J connectivity index is 1.53. The van der Waals surface area contributed by atoms with Gasteiger partial charge in [-0.2, -0.15) is 0 Å². The Kier molecular flexibility index (Phi) is 6.19. The van der Waals surface area contributed by atoms with Gasteiger partial charge in [0.05, 0.1) is 37.1 Å². The Morgan fingerprint density at radius 3 is 2.60 bits per heavy atom. The van der Waals surface area contributed by atoms with Gasteiger partial charge in [-0.25, -0.2) is 0 Å². The van der Waals surface area contributed by atoms with Crippen LogP contribution in [0.3, 0.4) is 0 Å². The van der Waals surface area contributed by atoms with Crippen LogP contribution in [0.15, 0.2) is 75.0 Å². The van der Waals surface area contributed by atoms with Crippen LogP contribution in [-0.2, 0) is 11.3 Å². The first-order chi connectivity index (χ1) is 14.7. The van der Waals surface area contributed by atoms with E-state index in [0.717, 1.165) is 11.4 Å². The Labute approximate surface area is 177 Å². The first kappa shape index (κ1) is 19.8. The maximum Gasteiger partial charge on any atom is 0.230 e. The van der Waals surface area contributed by atoms with E-state index in [1.807, 2.05) is 47.9 Å². The third kappa shape index (κ3) is 4.57. The fourth-order valence-electron chi connectivity index (χ4n) is 2.80. The topological polar surface area (TPSA) is 95.3 Å². The zero-order chi connectivity index (χ0) is 20.8. The van der Waals surface area contributed by atoms with Crippen LogP contribution in [0.25, 0.3) is 17.3 Å². The van der Waals surface area contributed by atoms with Gasteiger partial charge in [0, 0.05) is 0 Å². The van der Waals surface area contributed by atoms with E-state index in [2.05, 4.69) is 15.5 Å². The largest absolute Gasteiger partial charge is 0.494 e. The van der Waals surface area contributed by atoms with E-state index in [9.17, 15) is 4.79 Å². The minimum absolute atomic E-state index is 0.128. The molecule has 0 aliphatic carbocycles. The summed E-state index contributed by atoms with van der Waals surface area (Å²) in [6, 6.07) is 14.8. The smallest absolute Gasteiger partial charge is 0.230 e. The van der Waals surface area contributed by atoms with E-state index in [1.165, 1.54) is 11.8 Å². The molecule has 8 nitrogen and oxygen atoms in total. The molecule has 0 saturated heterocycles. The standard InChI is InChI=1S/C21H20N4O4S/c1-2-27-16-9-7-15(8-10-16)25-20(18-6-4-12-29-18)23-24-21(25)30-14-19(26)22-13-17-5-3-11-28-17/h3-12H,2,13-14H2,1H3,(H,22,26). The predicted octanol–water partition coefficient (Wildman–Crippen LogP) is 3.93. The van der Waals surface area contributed by atoms with Crippen LogP contribution < -0.4 is 10.1 Å². The van der Waals surface area contributed by atoms with Gasteiger partial charge in [0.15, 0.2) is 10.9 Å². The number of aromatic nitrogens is 3. The molecule has 3 aromatic heterocycles. The van der Waals surface area contributed by atoms with Crippen LogP contribution in [0.4, 0.5) is 0 Å². The number of carbonyl (C=O) groups excluding carboxylic acids is 1. The monoisotopic (exact) mass is 424 g/mol. The van der Waals surface area contributed by atoms with Crippen molar-refractivity contribution in [1.29, 1.82) is 0 Å². The summed E-state index contributed by atoms with van der Waals surface area (Å²) in [4.78, 5) is 12.2. The summed E-state index contributed by atoms with van der Waals surface area (Å²) in [6.45, 7) is 2.88. The average molecular weight is 424 g/mol. The van der Waals surface area contributed by atoms with Crippen molar-refractivity contribution in [3.8, 4) is 23.0 Å². The molecule has 4 rings (SSSR count). The maximum absolute atomic E-state index is 12.2. The molecule has 1 aromatic carbocycles. The van der Waals surface area contributed by atoms with Crippen molar-refractivity contribution in [2.75, 3.05) is 12.4 Å². The lowest BCUT2D eigenvalue weighted by atomic mass is 10.3. The summed E-state index contributed by atoms with van der Waals surface area (Å²) in [5, 5.41) is 12.0. The Bertz CT molecular complexity index is 1070. The number of thioether (sulfide) groups is 1. The summed E-state index contributed by atoms with van der Waals surface area (Å²) in [5.41, 5.74) is 0.841. The maximum atomic E-state index is 12.2. The number of rotatable bonds is 9. The highest BCUT2D eigenvalue weighted by Crippen LogP contribution is 2.29. The molecule has 0 radical (unpaired) electrons. The Morgan fingerprint density at radius 1 is 1.10 bits per heavy atom. The molecule has 0 atom stereocenters. The van der Waals surface area contributed by atoms with Gasteiger partial charge in [-0.15, -0.1) is 10.2 Å². The zero-order valence-electron chi connectivity index (χ0n) is 16.3. The van der Waals surface area contributed by atoms with Crippen LogP contribution >= 0.6 is 11.8 Å². The fraction of sp³-hybridized carbons (Fsp3) is 0.190. The molecule has 4 aromatic rings. The Morgan fingerprint density at radius 2 is 1.90 bits per heavy atom. The summed E-state index contributed by atoms with van der Waals surface area (Å²) in [6.07, 6.45) is 3.16. The molecule has 0 fully saturated rings. The van der Waals surface area contributed by atoms with Gasteiger partial charge in [0.25, 0.3) is 0 Å². The van der Waals surface area contributed by atoms with Crippen LogP contribution in [0, 0.1) is 0 Å². The highest BCUT2D eigenvalue weighted by molar-refractivity contribution is 7.99. The normalized spacial score (nSPS) is 10.8. The summed E-state index contributed by atoms with van der Waals surface area (Å²) < 4.78 is 18.1. The van der Waals surface area contributed by atoms with Crippen LogP contribution in [-0.4, -0.2) is 33.0 Å². The van der Waals surface area contributed by atoms with Crippen LogP contribution in [0.2, 0.25) is 0 Å². The zero-order valence-corrected chi connectivity index (χ0v) is 17.1. The van der Waals surface area contributed by atoms with Crippen LogP contribution in [0.1, 0.15) is 12.7 Å². The average Bonchev–Trinajstić information content (AvgIpc) is 3.53. The van der Waals surface area contributed by atoms with Crippen molar-refractivity contribution in [2.45, 2.75) is 18.6 Å². The van der Waals surface area contributed by atoms with Gasteiger partial charge in [-0.3, -0.25) is 9.36 Å². The lowest BCUT2D eigenvalue weighted by molar-refractivity contribution is -0.118. The molecule has 0 saturated carbocycles. The van der Waals surface area contributed by atoms with Crippen LogP contribution in [0.5, 0.6) is 5.75 Å². The number of nitrogens with zero attached hydrogens (tertiary/aromatic N) is 3. The third-order valence-corrected chi connectivity index (χ3v) is 5.08. The molecule has 3 heterocycles. The van der Waals surface area contributed by atoms with E-state index in [4.69, 9.17) is 13.6 Å². The number of ether oxygens (including phenoxy) is 1. The molecular weight excluding hydrogens is 404 g/mol.